The molecule has 0 fully saturated rings. The monoisotopic (exact) mass is 1130 g/mol. The third kappa shape index (κ3) is 6.57. The summed E-state index contributed by atoms with van der Waals surface area (Å²) in [6.45, 7) is 17.0. The first kappa shape index (κ1) is 48.8. The number of rotatable bonds is 5. The number of hydrogen-bond donors (Lipinski definition) is 0. The van der Waals surface area contributed by atoms with E-state index in [1.54, 1.807) is 22.7 Å². The van der Waals surface area contributed by atoms with Crippen LogP contribution in [-0.2, 0) is 5.41 Å². The summed E-state index contributed by atoms with van der Waals surface area (Å²) in [4.78, 5) is 4.97. The summed E-state index contributed by atoms with van der Waals surface area (Å²) < 4.78 is 14.1. The van der Waals surface area contributed by atoms with Gasteiger partial charge in [-0.3, -0.25) is 0 Å². The number of hydrogen-bond acceptors (Lipinski definition) is 3. The zero-order valence-electron chi connectivity index (χ0n) is 47.0. The molecule has 6 nitrogen and oxygen atoms in total. The first-order valence-corrected chi connectivity index (χ1v) is 30.7. The second-order valence-corrected chi connectivity index (χ2v) is 25.8. The average molecular weight is 1130 g/mol. The highest BCUT2D eigenvalue weighted by atomic mass is 32.1. The van der Waals surface area contributed by atoms with Gasteiger partial charge in [-0.05, 0) is 82.8 Å². The molecule has 0 N–H and O–H groups in total. The Labute approximate surface area is 501 Å². The molecule has 6 heterocycles. The quantitative estimate of drug-likeness (QED) is 0.158. The molecular formula is C78H48N6S2. The molecule has 0 saturated carbocycles. The SMILES string of the molecule is [C-]#[N+]c1c(-n2c3ccccc3c3ccccc32)c(-n2c3ccc(-c4ccccc4)cc3c3ccc4c5ccccc5sc4c32)c(-n2c3ccccc3c3ccccc32)c(C#N)c1-n1c2ccc(C(C)(C)C)cc2c2ccc3c4ccccc4sc3c21. The van der Waals surface area contributed by atoms with Crippen molar-refractivity contribution in [3.63, 3.8) is 0 Å². The number of para-hydroxylation sites is 4. The molecule has 8 heteroatoms. The molecule has 6 aromatic heterocycles. The largest absolute Gasteiger partial charge is 0.317 e. The fraction of sp³-hybridized carbons (Fsp3) is 0.0513. The van der Waals surface area contributed by atoms with Crippen molar-refractivity contribution in [2.75, 3.05) is 0 Å². The third-order valence-electron chi connectivity index (χ3n) is 18.2. The Morgan fingerprint density at radius 2 is 0.779 bits per heavy atom. The molecule has 0 radical (unpaired) electrons. The van der Waals surface area contributed by atoms with Crippen molar-refractivity contribution >= 4 is 156 Å². The molecule has 86 heavy (non-hydrogen) atoms. The Bertz CT molecular complexity index is 5830. The van der Waals surface area contributed by atoms with E-state index in [4.69, 9.17) is 4.85 Å². The highest BCUT2D eigenvalue weighted by molar-refractivity contribution is 7.27. The van der Waals surface area contributed by atoms with E-state index in [2.05, 4.69) is 282 Å². The number of thiophene rings is 2. The molecule has 0 aliphatic rings. The number of benzene rings is 12. The van der Waals surface area contributed by atoms with Crippen LogP contribution in [0.25, 0.3) is 166 Å². The first-order chi connectivity index (χ1) is 42.3. The van der Waals surface area contributed by atoms with Gasteiger partial charge in [0.2, 0.25) is 5.69 Å². The lowest BCUT2D eigenvalue weighted by Gasteiger charge is -2.27. The molecule has 0 spiro atoms. The van der Waals surface area contributed by atoms with Gasteiger partial charge < -0.3 is 18.3 Å². The predicted octanol–water partition coefficient (Wildman–Crippen LogP) is 22.2. The van der Waals surface area contributed by atoms with E-state index in [0.717, 1.165) is 124 Å². The smallest absolute Gasteiger partial charge is 0.237 e. The maximum absolute atomic E-state index is 13.0. The summed E-state index contributed by atoms with van der Waals surface area (Å²) in [5.74, 6) is 0. The van der Waals surface area contributed by atoms with Gasteiger partial charge in [-0.1, -0.05) is 197 Å². The second-order valence-electron chi connectivity index (χ2n) is 23.7. The van der Waals surface area contributed by atoms with E-state index in [0.29, 0.717) is 28.3 Å². The van der Waals surface area contributed by atoms with Gasteiger partial charge >= 0.3 is 0 Å². The van der Waals surface area contributed by atoms with Crippen LogP contribution >= 0.6 is 22.7 Å². The molecular weight excluding hydrogens is 1090 g/mol. The normalized spacial score (nSPS) is 12.3. The van der Waals surface area contributed by atoms with Crippen molar-refractivity contribution in [3.8, 4) is 39.9 Å². The van der Waals surface area contributed by atoms with Crippen LogP contribution in [0.2, 0.25) is 0 Å². The summed E-state index contributed by atoms with van der Waals surface area (Å²) in [7, 11) is 0. The Hall–Kier alpha value is -10.7. The lowest BCUT2D eigenvalue weighted by molar-refractivity contribution is 0.591. The van der Waals surface area contributed by atoms with Gasteiger partial charge in [0.05, 0.1) is 88.4 Å². The van der Waals surface area contributed by atoms with Gasteiger partial charge in [0.15, 0.2) is 0 Å². The molecule has 0 amide bonds. The number of fused-ring (bicyclic) bond motifs is 20. The van der Waals surface area contributed by atoms with Crippen molar-refractivity contribution < 1.29 is 0 Å². The van der Waals surface area contributed by atoms with Crippen molar-refractivity contribution in [1.29, 1.82) is 5.26 Å². The van der Waals surface area contributed by atoms with Crippen molar-refractivity contribution in [3.05, 3.63) is 259 Å². The van der Waals surface area contributed by atoms with Crippen LogP contribution in [0.5, 0.6) is 0 Å². The minimum Gasteiger partial charge on any atom is -0.317 e. The van der Waals surface area contributed by atoms with Crippen molar-refractivity contribution in [1.82, 2.24) is 18.3 Å². The number of aromatic nitrogens is 4. The molecule has 18 rings (SSSR count). The summed E-state index contributed by atoms with van der Waals surface area (Å²) in [6.07, 6.45) is 0. The van der Waals surface area contributed by atoms with E-state index in [9.17, 15) is 11.8 Å². The zero-order chi connectivity index (χ0) is 57.3. The van der Waals surface area contributed by atoms with Gasteiger partial charge in [0.25, 0.3) is 0 Å². The van der Waals surface area contributed by atoms with Crippen LogP contribution in [-0.4, -0.2) is 18.3 Å². The topological polar surface area (TPSA) is 47.9 Å². The van der Waals surface area contributed by atoms with E-state index in [1.165, 1.54) is 25.7 Å². The van der Waals surface area contributed by atoms with E-state index < -0.39 is 0 Å². The summed E-state index contributed by atoms with van der Waals surface area (Å²) >= 11 is 3.57. The minimum absolute atomic E-state index is 0.164. The predicted molar refractivity (Wildman–Crippen MR) is 365 cm³/mol. The molecule has 0 atom stereocenters. The van der Waals surface area contributed by atoms with Gasteiger partial charge in [-0.15, -0.1) is 22.7 Å². The number of nitriles is 1. The molecule has 18 aromatic rings. The van der Waals surface area contributed by atoms with E-state index in [-0.39, 0.29) is 5.41 Å². The van der Waals surface area contributed by atoms with Crippen LogP contribution in [0.4, 0.5) is 5.69 Å². The summed E-state index contributed by atoms with van der Waals surface area (Å²) in [5.41, 5.74) is 14.3. The third-order valence-corrected chi connectivity index (χ3v) is 20.6. The molecule has 402 valence electrons. The second kappa shape index (κ2) is 17.9. The highest BCUT2D eigenvalue weighted by Crippen LogP contribution is 2.55. The molecule has 0 aliphatic carbocycles. The molecule has 0 bridgehead atoms. The maximum Gasteiger partial charge on any atom is 0.237 e. The Balaban J connectivity index is 1.16. The van der Waals surface area contributed by atoms with Crippen LogP contribution < -0.4 is 0 Å². The van der Waals surface area contributed by atoms with Gasteiger partial charge in [0, 0.05) is 74.0 Å². The van der Waals surface area contributed by atoms with Crippen LogP contribution in [0.15, 0.2) is 237 Å². The maximum atomic E-state index is 13.0. The van der Waals surface area contributed by atoms with Crippen molar-refractivity contribution in [2.24, 2.45) is 0 Å². The molecule has 0 unspecified atom stereocenters. The zero-order valence-corrected chi connectivity index (χ0v) is 48.6. The van der Waals surface area contributed by atoms with E-state index >= 15 is 0 Å². The number of nitrogens with zero attached hydrogens (tertiary/aromatic N) is 6. The lowest BCUT2D eigenvalue weighted by atomic mass is 9.86. The molecule has 12 aromatic carbocycles. The Morgan fingerprint density at radius 1 is 0.360 bits per heavy atom. The van der Waals surface area contributed by atoms with Gasteiger partial charge in [-0.2, -0.15) is 5.26 Å². The molecule has 0 saturated heterocycles. The van der Waals surface area contributed by atoms with Gasteiger partial charge in [0.1, 0.15) is 6.07 Å². The molecule has 0 aliphatic heterocycles. The Morgan fingerprint density at radius 3 is 1.28 bits per heavy atom. The van der Waals surface area contributed by atoms with E-state index in [1.807, 2.05) is 0 Å². The fourth-order valence-electron chi connectivity index (χ4n) is 14.4. The Kier molecular flexibility index (Phi) is 10.1. The average Bonchev–Trinajstić information content (AvgIpc) is 1.48. The fourth-order valence-corrected chi connectivity index (χ4v) is 16.9. The standard InChI is InChI=1S/C78H48N6S2/c1-78(2,3)47-35-41-66-59(43-47)55-37-39-56-52-26-12-18-32-67(52)85-76(56)72(55)83(66)70-60(44-79)71(81-61-28-14-8-22-48(61)49-23-9-15-29-62(49)81)75(74(69(70)80-4)82-63-30-16-10-24-50(63)51-25-11-17-31-64(51)82)84-65-40-34-46(45-20-6-5-7-21-45)42-58(65)54-36-38-57-53-27-13-19-33-68(53)86-77(57)73(54)84/h5-43H,1-3H3. The summed E-state index contributed by atoms with van der Waals surface area (Å²) in [6, 6.07) is 88.3. The van der Waals surface area contributed by atoms with Crippen LogP contribution in [0.1, 0.15) is 31.9 Å². The van der Waals surface area contributed by atoms with Crippen LogP contribution in [0.3, 0.4) is 0 Å². The lowest BCUT2D eigenvalue weighted by Crippen LogP contribution is -2.15. The minimum atomic E-state index is -0.164. The van der Waals surface area contributed by atoms with Gasteiger partial charge in [-0.25, -0.2) is 4.85 Å². The highest BCUT2D eigenvalue weighted by Gasteiger charge is 2.36. The summed E-state index contributed by atoms with van der Waals surface area (Å²) in [5, 5.41) is 26.2. The van der Waals surface area contributed by atoms with Crippen molar-refractivity contribution in [2.45, 2.75) is 26.2 Å². The first-order valence-electron chi connectivity index (χ1n) is 29.1. The van der Waals surface area contributed by atoms with Crippen LogP contribution in [0, 0.1) is 17.9 Å².